The van der Waals surface area contributed by atoms with Gasteiger partial charge < -0.3 is 14.0 Å². The molecule has 1 aliphatic rings. The number of aromatic nitrogens is 2. The fourth-order valence-corrected chi connectivity index (χ4v) is 3.70. The maximum atomic E-state index is 12.3. The van der Waals surface area contributed by atoms with E-state index in [1.54, 1.807) is 0 Å². The van der Waals surface area contributed by atoms with Crippen LogP contribution in [0.25, 0.3) is 0 Å². The van der Waals surface area contributed by atoms with Gasteiger partial charge in [0.2, 0.25) is 10.0 Å². The van der Waals surface area contributed by atoms with Gasteiger partial charge in [-0.3, -0.25) is 0 Å². The fourth-order valence-electron chi connectivity index (χ4n) is 2.63. The summed E-state index contributed by atoms with van der Waals surface area (Å²) in [5.41, 5.74) is 0.224. The Morgan fingerprint density at radius 2 is 2.07 bits per heavy atom. The van der Waals surface area contributed by atoms with Gasteiger partial charge in [0, 0.05) is 19.1 Å². The normalized spacial score (nSPS) is 17.2. The molecule has 28 heavy (non-hydrogen) atoms. The molecule has 0 aliphatic carbocycles. The minimum Gasteiger partial charge on any atom is -0.452 e. The first-order chi connectivity index (χ1) is 13.3. The summed E-state index contributed by atoms with van der Waals surface area (Å²) < 4.78 is 42.7. The van der Waals surface area contributed by atoms with Crippen molar-refractivity contribution in [2.24, 2.45) is 0 Å². The number of sulfonamides is 1. The molecule has 1 unspecified atom stereocenters. The first kappa shape index (κ1) is 20.4. The van der Waals surface area contributed by atoms with Gasteiger partial charge in [-0.2, -0.15) is 4.98 Å². The molecule has 1 aliphatic heterocycles. The molecular formula is C18H23N3O6S. The molecule has 2 heterocycles. The minimum absolute atomic E-state index is 0.0699. The molecule has 10 heteroatoms. The van der Waals surface area contributed by atoms with Crippen molar-refractivity contribution < 1.29 is 27.2 Å². The molecule has 1 saturated heterocycles. The average molecular weight is 409 g/mol. The van der Waals surface area contributed by atoms with Crippen molar-refractivity contribution in [3.63, 3.8) is 0 Å². The number of carbonyl (C=O) groups is 1. The van der Waals surface area contributed by atoms with E-state index in [0.29, 0.717) is 12.4 Å². The van der Waals surface area contributed by atoms with Crippen LogP contribution in [0.5, 0.6) is 0 Å². The van der Waals surface area contributed by atoms with E-state index in [1.807, 2.05) is 13.8 Å². The summed E-state index contributed by atoms with van der Waals surface area (Å²) in [7, 11) is -3.67. The Morgan fingerprint density at radius 3 is 2.68 bits per heavy atom. The van der Waals surface area contributed by atoms with Crippen molar-refractivity contribution in [2.45, 2.75) is 50.2 Å². The van der Waals surface area contributed by atoms with Crippen LogP contribution in [0, 0.1) is 0 Å². The molecule has 1 N–H and O–H groups in total. The van der Waals surface area contributed by atoms with Crippen LogP contribution >= 0.6 is 0 Å². The maximum Gasteiger partial charge on any atom is 0.338 e. The zero-order valence-corrected chi connectivity index (χ0v) is 16.6. The molecule has 2 aromatic rings. The number of hydrogen-bond donors (Lipinski definition) is 1. The lowest BCUT2D eigenvalue weighted by Gasteiger charge is -2.11. The molecule has 0 bridgehead atoms. The largest absolute Gasteiger partial charge is 0.452 e. The highest BCUT2D eigenvalue weighted by Gasteiger charge is 2.21. The molecule has 1 atom stereocenters. The molecule has 0 saturated carbocycles. The predicted octanol–water partition coefficient (Wildman–Crippen LogP) is 2.01. The Morgan fingerprint density at radius 1 is 1.32 bits per heavy atom. The predicted molar refractivity (Wildman–Crippen MR) is 98.1 cm³/mol. The van der Waals surface area contributed by atoms with Crippen molar-refractivity contribution in [2.75, 3.05) is 13.2 Å². The zero-order valence-electron chi connectivity index (χ0n) is 15.8. The number of esters is 1. The third-order valence-electron chi connectivity index (χ3n) is 4.25. The van der Waals surface area contributed by atoms with E-state index in [9.17, 15) is 13.2 Å². The number of rotatable bonds is 8. The third kappa shape index (κ3) is 5.15. The second-order valence-corrected chi connectivity index (χ2v) is 8.56. The van der Waals surface area contributed by atoms with Gasteiger partial charge in [0.05, 0.1) is 16.6 Å². The summed E-state index contributed by atoms with van der Waals surface area (Å²) in [5.74, 6) is 0.239. The lowest BCUT2D eigenvalue weighted by molar-refractivity contribution is 0.0429. The fraction of sp³-hybridized carbons (Fsp3) is 0.500. The monoisotopic (exact) mass is 409 g/mol. The lowest BCUT2D eigenvalue weighted by Crippen LogP contribution is -2.31. The van der Waals surface area contributed by atoms with E-state index in [-0.39, 0.29) is 41.5 Å². The SMILES string of the molecule is CC(C)c1noc(COC(=O)c2ccc(S(=O)(=O)NCC3CCCO3)cc2)n1. The van der Waals surface area contributed by atoms with Gasteiger partial charge in [-0.05, 0) is 37.1 Å². The van der Waals surface area contributed by atoms with Crippen LogP contribution in [0.4, 0.5) is 0 Å². The second kappa shape index (κ2) is 8.80. The number of benzene rings is 1. The molecule has 3 rings (SSSR count). The topological polar surface area (TPSA) is 121 Å². The minimum atomic E-state index is -3.67. The van der Waals surface area contributed by atoms with Crippen molar-refractivity contribution >= 4 is 16.0 Å². The summed E-state index contributed by atoms with van der Waals surface area (Å²) in [4.78, 5) is 16.3. The van der Waals surface area contributed by atoms with E-state index >= 15 is 0 Å². The highest BCUT2D eigenvalue weighted by molar-refractivity contribution is 7.89. The van der Waals surface area contributed by atoms with Crippen LogP contribution in [0.15, 0.2) is 33.7 Å². The van der Waals surface area contributed by atoms with E-state index in [4.69, 9.17) is 14.0 Å². The average Bonchev–Trinajstić information content (AvgIpc) is 3.36. The number of nitrogens with zero attached hydrogens (tertiary/aromatic N) is 2. The molecule has 1 aromatic carbocycles. The van der Waals surface area contributed by atoms with Crippen LogP contribution < -0.4 is 4.72 Å². The Labute approximate surface area is 163 Å². The summed E-state index contributed by atoms with van der Waals surface area (Å²) in [5, 5.41) is 3.79. The van der Waals surface area contributed by atoms with Crippen molar-refractivity contribution in [3.05, 3.63) is 41.5 Å². The van der Waals surface area contributed by atoms with Crippen molar-refractivity contribution in [1.82, 2.24) is 14.9 Å². The smallest absolute Gasteiger partial charge is 0.338 e. The van der Waals surface area contributed by atoms with Crippen LogP contribution in [0.1, 0.15) is 54.7 Å². The molecule has 9 nitrogen and oxygen atoms in total. The first-order valence-electron chi connectivity index (χ1n) is 9.06. The summed E-state index contributed by atoms with van der Waals surface area (Å²) in [6.45, 7) is 4.58. The Balaban J connectivity index is 1.55. The first-order valence-corrected chi connectivity index (χ1v) is 10.5. The lowest BCUT2D eigenvalue weighted by atomic mass is 10.2. The second-order valence-electron chi connectivity index (χ2n) is 6.79. The standard InChI is InChI=1S/C18H23N3O6S/c1-12(2)17-20-16(27-21-17)11-26-18(22)13-5-7-15(8-6-13)28(23,24)19-10-14-4-3-9-25-14/h5-8,12,14,19H,3-4,9-11H2,1-2H3. The quantitative estimate of drug-likeness (QED) is 0.657. The van der Waals surface area contributed by atoms with Gasteiger partial charge in [0.1, 0.15) is 0 Å². The molecule has 0 amide bonds. The summed E-state index contributed by atoms with van der Waals surface area (Å²) >= 11 is 0. The molecule has 1 aromatic heterocycles. The van der Waals surface area contributed by atoms with Crippen molar-refractivity contribution in [1.29, 1.82) is 0 Å². The van der Waals surface area contributed by atoms with Crippen molar-refractivity contribution in [3.8, 4) is 0 Å². The molecular weight excluding hydrogens is 386 g/mol. The van der Waals surface area contributed by atoms with E-state index in [2.05, 4.69) is 14.9 Å². The zero-order chi connectivity index (χ0) is 20.1. The van der Waals surface area contributed by atoms with Gasteiger partial charge in [0.25, 0.3) is 5.89 Å². The number of ether oxygens (including phenoxy) is 2. The molecule has 152 valence electrons. The van der Waals surface area contributed by atoms with Gasteiger partial charge in [0.15, 0.2) is 12.4 Å². The van der Waals surface area contributed by atoms with E-state index in [1.165, 1.54) is 24.3 Å². The van der Waals surface area contributed by atoms with Gasteiger partial charge in [-0.1, -0.05) is 19.0 Å². The summed E-state index contributed by atoms with van der Waals surface area (Å²) in [6.07, 6.45) is 1.68. The number of hydrogen-bond acceptors (Lipinski definition) is 8. The summed E-state index contributed by atoms with van der Waals surface area (Å²) in [6, 6.07) is 5.52. The van der Waals surface area contributed by atoms with Crippen LogP contribution in [-0.4, -0.2) is 43.8 Å². The van der Waals surface area contributed by atoms with Gasteiger partial charge >= 0.3 is 5.97 Å². The number of carbonyl (C=O) groups excluding carboxylic acids is 1. The van der Waals surface area contributed by atoms with E-state index in [0.717, 1.165) is 12.8 Å². The van der Waals surface area contributed by atoms with Crippen LogP contribution in [-0.2, 0) is 26.1 Å². The Kier molecular flexibility index (Phi) is 6.42. The van der Waals surface area contributed by atoms with Gasteiger partial charge in [-0.15, -0.1) is 0 Å². The van der Waals surface area contributed by atoms with Gasteiger partial charge in [-0.25, -0.2) is 17.9 Å². The van der Waals surface area contributed by atoms with E-state index < -0.39 is 16.0 Å². The van der Waals surface area contributed by atoms with Crippen LogP contribution in [0.2, 0.25) is 0 Å². The highest BCUT2D eigenvalue weighted by atomic mass is 32.2. The Bertz CT molecular complexity index is 902. The molecule has 0 spiro atoms. The highest BCUT2D eigenvalue weighted by Crippen LogP contribution is 2.15. The van der Waals surface area contributed by atoms with Crippen LogP contribution in [0.3, 0.4) is 0 Å². The third-order valence-corrected chi connectivity index (χ3v) is 5.69. The molecule has 1 fully saturated rings. The Hall–Kier alpha value is -2.30. The maximum absolute atomic E-state index is 12.3. The molecule has 0 radical (unpaired) electrons. The number of nitrogens with one attached hydrogen (secondary N) is 1.